The van der Waals surface area contributed by atoms with Crippen LogP contribution in [0.2, 0.25) is 0 Å². The number of carboxylic acids is 1. The first-order chi connectivity index (χ1) is 7.09. The fourth-order valence-corrected chi connectivity index (χ4v) is 0.991. The Hall–Kier alpha value is -2.11. The smallest absolute Gasteiger partial charge is 0.328 e. The van der Waals surface area contributed by atoms with Crippen LogP contribution in [0, 0.1) is 0 Å². The molecule has 1 aromatic rings. The minimum absolute atomic E-state index is 0.286. The number of hydrogen-bond donors (Lipinski definition) is 3. The molecule has 0 radical (unpaired) electrons. The largest absolute Gasteiger partial charge is 0.478 e. The van der Waals surface area contributed by atoms with E-state index in [-0.39, 0.29) is 6.04 Å². The first kappa shape index (κ1) is 11.0. The maximum Gasteiger partial charge on any atom is 0.328 e. The molecular weight excluding hydrogens is 198 g/mol. The third-order valence-electron chi connectivity index (χ3n) is 1.67. The SMILES string of the molecule is CC(NC(=O)/C=C/C(=O)O)c1ncc[nH]1. The van der Waals surface area contributed by atoms with Crippen LogP contribution in [0.4, 0.5) is 0 Å². The number of aromatic nitrogens is 2. The van der Waals surface area contributed by atoms with Crippen LogP contribution in [0.25, 0.3) is 0 Å². The lowest BCUT2D eigenvalue weighted by Gasteiger charge is -2.08. The molecule has 1 amide bonds. The molecule has 15 heavy (non-hydrogen) atoms. The van der Waals surface area contributed by atoms with Crippen molar-refractivity contribution >= 4 is 11.9 Å². The molecule has 0 aliphatic carbocycles. The van der Waals surface area contributed by atoms with E-state index >= 15 is 0 Å². The number of aliphatic carboxylic acids is 1. The quantitative estimate of drug-likeness (QED) is 0.618. The molecule has 0 aromatic carbocycles. The van der Waals surface area contributed by atoms with Crippen LogP contribution in [0.3, 0.4) is 0 Å². The Labute approximate surface area is 86.0 Å². The summed E-state index contributed by atoms with van der Waals surface area (Å²) in [5.41, 5.74) is 0. The number of carbonyl (C=O) groups excluding carboxylic acids is 1. The summed E-state index contributed by atoms with van der Waals surface area (Å²) in [6.07, 6.45) is 4.96. The highest BCUT2D eigenvalue weighted by atomic mass is 16.4. The maximum atomic E-state index is 11.2. The van der Waals surface area contributed by atoms with Crippen LogP contribution in [0.15, 0.2) is 24.5 Å². The van der Waals surface area contributed by atoms with Gasteiger partial charge in [0.05, 0.1) is 6.04 Å². The Morgan fingerprint density at radius 2 is 2.33 bits per heavy atom. The summed E-state index contributed by atoms with van der Waals surface area (Å²) in [7, 11) is 0. The Balaban J connectivity index is 2.49. The van der Waals surface area contributed by atoms with Crippen molar-refractivity contribution in [1.29, 1.82) is 0 Å². The van der Waals surface area contributed by atoms with Crippen LogP contribution >= 0.6 is 0 Å². The second-order valence-corrected chi connectivity index (χ2v) is 2.88. The van der Waals surface area contributed by atoms with E-state index in [0.29, 0.717) is 5.82 Å². The minimum Gasteiger partial charge on any atom is -0.478 e. The number of carboxylic acid groups (broad SMARTS) is 1. The van der Waals surface area contributed by atoms with Gasteiger partial charge in [-0.3, -0.25) is 4.79 Å². The second kappa shape index (κ2) is 4.94. The summed E-state index contributed by atoms with van der Waals surface area (Å²) in [6.45, 7) is 1.74. The van der Waals surface area contributed by atoms with Gasteiger partial charge in [-0.1, -0.05) is 0 Å². The number of H-pyrrole nitrogens is 1. The number of nitrogens with one attached hydrogen (secondary N) is 2. The Morgan fingerprint density at radius 3 is 2.87 bits per heavy atom. The summed E-state index contributed by atoms with van der Waals surface area (Å²) in [5.74, 6) is -1.01. The van der Waals surface area contributed by atoms with Gasteiger partial charge in [0.1, 0.15) is 5.82 Å². The van der Waals surface area contributed by atoms with E-state index in [1.165, 1.54) is 0 Å². The molecule has 6 nitrogen and oxygen atoms in total. The molecule has 80 valence electrons. The highest BCUT2D eigenvalue weighted by Crippen LogP contribution is 2.04. The minimum atomic E-state index is -1.16. The van der Waals surface area contributed by atoms with E-state index in [2.05, 4.69) is 15.3 Å². The van der Waals surface area contributed by atoms with E-state index in [0.717, 1.165) is 12.2 Å². The number of hydrogen-bond acceptors (Lipinski definition) is 3. The molecule has 0 bridgehead atoms. The predicted octanol–water partition coefficient (Wildman–Crippen LogP) is 0.228. The molecule has 1 rings (SSSR count). The van der Waals surface area contributed by atoms with Crippen LogP contribution in [0.5, 0.6) is 0 Å². The van der Waals surface area contributed by atoms with Crippen LogP contribution < -0.4 is 5.32 Å². The van der Waals surface area contributed by atoms with Gasteiger partial charge in [0, 0.05) is 24.5 Å². The van der Waals surface area contributed by atoms with E-state index in [9.17, 15) is 9.59 Å². The van der Waals surface area contributed by atoms with E-state index in [1.54, 1.807) is 19.3 Å². The molecule has 0 fully saturated rings. The lowest BCUT2D eigenvalue weighted by atomic mass is 10.3. The van der Waals surface area contributed by atoms with Gasteiger partial charge in [0.25, 0.3) is 0 Å². The highest BCUT2D eigenvalue weighted by molar-refractivity contribution is 5.93. The molecule has 1 heterocycles. The van der Waals surface area contributed by atoms with Crippen LogP contribution in [0.1, 0.15) is 18.8 Å². The topological polar surface area (TPSA) is 95.1 Å². The van der Waals surface area contributed by atoms with Gasteiger partial charge < -0.3 is 15.4 Å². The van der Waals surface area contributed by atoms with Crippen LogP contribution in [-0.2, 0) is 9.59 Å². The first-order valence-corrected chi connectivity index (χ1v) is 4.30. The molecule has 3 N–H and O–H groups in total. The third-order valence-corrected chi connectivity index (χ3v) is 1.67. The van der Waals surface area contributed by atoms with E-state index < -0.39 is 11.9 Å². The molecular formula is C9H11N3O3. The molecule has 0 saturated heterocycles. The monoisotopic (exact) mass is 209 g/mol. The first-order valence-electron chi connectivity index (χ1n) is 4.30. The van der Waals surface area contributed by atoms with Crippen molar-refractivity contribution in [3.8, 4) is 0 Å². The number of aromatic amines is 1. The maximum absolute atomic E-state index is 11.2. The zero-order valence-electron chi connectivity index (χ0n) is 8.10. The molecule has 0 spiro atoms. The fraction of sp³-hybridized carbons (Fsp3) is 0.222. The molecule has 0 aliphatic rings. The normalized spacial score (nSPS) is 12.6. The van der Waals surface area contributed by atoms with Crippen LogP contribution in [-0.4, -0.2) is 27.0 Å². The molecule has 6 heteroatoms. The van der Waals surface area contributed by atoms with Crippen molar-refractivity contribution in [3.05, 3.63) is 30.4 Å². The Morgan fingerprint density at radius 1 is 1.60 bits per heavy atom. The number of imidazole rings is 1. The van der Waals surface area contributed by atoms with Gasteiger partial charge in [-0.25, -0.2) is 9.78 Å². The number of carbonyl (C=O) groups is 2. The van der Waals surface area contributed by atoms with Gasteiger partial charge in [-0.2, -0.15) is 0 Å². The molecule has 0 saturated carbocycles. The lowest BCUT2D eigenvalue weighted by Crippen LogP contribution is -2.25. The van der Waals surface area contributed by atoms with E-state index in [1.807, 2.05) is 0 Å². The van der Waals surface area contributed by atoms with Gasteiger partial charge >= 0.3 is 5.97 Å². The van der Waals surface area contributed by atoms with Gasteiger partial charge in [-0.05, 0) is 6.92 Å². The highest BCUT2D eigenvalue weighted by Gasteiger charge is 2.08. The third kappa shape index (κ3) is 3.63. The molecule has 0 aliphatic heterocycles. The Kier molecular flexibility index (Phi) is 3.61. The van der Waals surface area contributed by atoms with Gasteiger partial charge in [0.15, 0.2) is 0 Å². The summed E-state index contributed by atoms with van der Waals surface area (Å²) < 4.78 is 0. The average Bonchev–Trinajstić information content (AvgIpc) is 2.67. The fourth-order valence-electron chi connectivity index (χ4n) is 0.991. The predicted molar refractivity (Wildman–Crippen MR) is 51.9 cm³/mol. The van der Waals surface area contributed by atoms with Crippen molar-refractivity contribution in [2.45, 2.75) is 13.0 Å². The molecule has 1 unspecified atom stereocenters. The second-order valence-electron chi connectivity index (χ2n) is 2.88. The summed E-state index contributed by atoms with van der Waals surface area (Å²) >= 11 is 0. The Bertz CT molecular complexity index is 370. The number of amides is 1. The summed E-state index contributed by atoms with van der Waals surface area (Å²) in [4.78, 5) is 28.1. The van der Waals surface area contributed by atoms with Crippen molar-refractivity contribution < 1.29 is 14.7 Å². The van der Waals surface area contributed by atoms with Gasteiger partial charge in [-0.15, -0.1) is 0 Å². The average molecular weight is 209 g/mol. The van der Waals surface area contributed by atoms with Crippen molar-refractivity contribution in [2.75, 3.05) is 0 Å². The van der Waals surface area contributed by atoms with E-state index in [4.69, 9.17) is 5.11 Å². The zero-order chi connectivity index (χ0) is 11.3. The van der Waals surface area contributed by atoms with Gasteiger partial charge in [0.2, 0.25) is 5.91 Å². The lowest BCUT2D eigenvalue weighted by molar-refractivity contribution is -0.131. The van der Waals surface area contributed by atoms with Crippen molar-refractivity contribution in [3.63, 3.8) is 0 Å². The van der Waals surface area contributed by atoms with Crippen molar-refractivity contribution in [1.82, 2.24) is 15.3 Å². The molecule has 1 aromatic heterocycles. The number of nitrogens with zero attached hydrogens (tertiary/aromatic N) is 1. The zero-order valence-corrected chi connectivity index (χ0v) is 8.10. The van der Waals surface area contributed by atoms with Crippen molar-refractivity contribution in [2.24, 2.45) is 0 Å². The summed E-state index contributed by atoms with van der Waals surface area (Å²) in [6, 6.07) is -0.286. The standard InChI is InChI=1S/C9H11N3O3/c1-6(9-10-4-5-11-9)12-7(13)2-3-8(14)15/h2-6H,1H3,(H,10,11)(H,12,13)(H,14,15)/b3-2+. The molecule has 1 atom stereocenters. The number of rotatable bonds is 4. The summed E-state index contributed by atoms with van der Waals surface area (Å²) in [5, 5.41) is 10.8.